The normalized spacial score (nSPS) is 11.9. The van der Waals surface area contributed by atoms with Crippen LogP contribution in [-0.4, -0.2) is 20.6 Å². The maximum Gasteiger partial charge on any atom is 0.416 e. The Morgan fingerprint density at radius 2 is 1.88 bits per heavy atom. The maximum absolute atomic E-state index is 12.9. The van der Waals surface area contributed by atoms with Crippen LogP contribution in [0.5, 0.6) is 0 Å². The van der Waals surface area contributed by atoms with Gasteiger partial charge in [-0.05, 0) is 49.7 Å². The molecule has 3 rings (SSSR count). The van der Waals surface area contributed by atoms with E-state index in [9.17, 15) is 23.1 Å². The zero-order chi connectivity index (χ0) is 17.6. The summed E-state index contributed by atoms with van der Waals surface area (Å²) < 4.78 is 40.2. The number of aryl methyl sites for hydroxylation is 1. The molecule has 0 fully saturated rings. The van der Waals surface area contributed by atoms with Gasteiger partial charge in [-0.1, -0.05) is 6.07 Å². The van der Waals surface area contributed by atoms with E-state index in [1.54, 1.807) is 30.5 Å². The first-order valence-corrected chi connectivity index (χ1v) is 7.09. The number of carboxylic acid groups (broad SMARTS) is 1. The van der Waals surface area contributed by atoms with Crippen LogP contribution in [0.25, 0.3) is 16.7 Å². The Kier molecular flexibility index (Phi) is 3.59. The third kappa shape index (κ3) is 2.51. The number of aromatic carboxylic acids is 1. The van der Waals surface area contributed by atoms with E-state index >= 15 is 0 Å². The average molecular weight is 334 g/mol. The fourth-order valence-corrected chi connectivity index (χ4v) is 2.78. The van der Waals surface area contributed by atoms with Crippen molar-refractivity contribution in [3.63, 3.8) is 0 Å². The summed E-state index contributed by atoms with van der Waals surface area (Å²) in [6.45, 7) is 3.33. The molecule has 0 amide bonds. The molecule has 0 bridgehead atoms. The van der Waals surface area contributed by atoms with E-state index in [0.29, 0.717) is 22.6 Å². The summed E-state index contributed by atoms with van der Waals surface area (Å²) in [6.07, 6.45) is -4.44. The summed E-state index contributed by atoms with van der Waals surface area (Å²) in [4.78, 5) is 15.5. The fraction of sp³-hybridized carbons (Fsp3) is 0.176. The molecule has 3 aromatic rings. The van der Waals surface area contributed by atoms with E-state index in [2.05, 4.69) is 4.98 Å². The van der Waals surface area contributed by atoms with Crippen LogP contribution in [0.3, 0.4) is 0 Å². The lowest BCUT2D eigenvalue weighted by Gasteiger charge is -2.13. The predicted molar refractivity (Wildman–Crippen MR) is 82.5 cm³/mol. The van der Waals surface area contributed by atoms with Gasteiger partial charge in [0.1, 0.15) is 5.82 Å². The first-order chi connectivity index (χ1) is 11.2. The molecule has 0 spiro atoms. The minimum absolute atomic E-state index is 0.140. The Bertz CT molecular complexity index is 958. The van der Waals surface area contributed by atoms with Crippen LogP contribution in [-0.2, 0) is 6.18 Å². The van der Waals surface area contributed by atoms with Crippen molar-refractivity contribution >= 4 is 17.0 Å². The van der Waals surface area contributed by atoms with E-state index < -0.39 is 17.7 Å². The van der Waals surface area contributed by atoms with E-state index in [1.807, 2.05) is 0 Å². The standard InChI is InChI=1S/C17H13F3N2O2/c1-9-12(16(23)24)4-3-5-14(9)22-10(2)21-13-8-11(17(18,19)20)6-7-15(13)22/h3-8H,1-2H3,(H,23,24). The second-order valence-corrected chi connectivity index (χ2v) is 5.45. The molecule has 0 saturated heterocycles. The average Bonchev–Trinajstić information content (AvgIpc) is 2.81. The Labute approximate surface area is 135 Å². The van der Waals surface area contributed by atoms with Crippen molar-refractivity contribution in [3.8, 4) is 5.69 Å². The maximum atomic E-state index is 12.9. The van der Waals surface area contributed by atoms with Crippen LogP contribution in [0, 0.1) is 13.8 Å². The molecular weight excluding hydrogens is 321 g/mol. The number of benzene rings is 2. The van der Waals surface area contributed by atoms with Crippen molar-refractivity contribution in [2.24, 2.45) is 0 Å². The summed E-state index contributed by atoms with van der Waals surface area (Å²) in [5.41, 5.74) is 1.17. The highest BCUT2D eigenvalue weighted by Gasteiger charge is 2.31. The van der Waals surface area contributed by atoms with E-state index in [4.69, 9.17) is 0 Å². The number of imidazole rings is 1. The first kappa shape index (κ1) is 16.0. The van der Waals surface area contributed by atoms with Gasteiger partial charge in [0.05, 0.1) is 27.8 Å². The number of hydrogen-bond donors (Lipinski definition) is 1. The largest absolute Gasteiger partial charge is 0.478 e. The van der Waals surface area contributed by atoms with Gasteiger partial charge in [-0.15, -0.1) is 0 Å². The van der Waals surface area contributed by atoms with E-state index in [0.717, 1.165) is 12.1 Å². The van der Waals surface area contributed by atoms with E-state index in [1.165, 1.54) is 12.1 Å². The highest BCUT2D eigenvalue weighted by atomic mass is 19.4. The van der Waals surface area contributed by atoms with Crippen LogP contribution in [0.4, 0.5) is 13.2 Å². The second kappa shape index (κ2) is 5.36. The fourth-order valence-electron chi connectivity index (χ4n) is 2.78. The number of hydrogen-bond acceptors (Lipinski definition) is 2. The summed E-state index contributed by atoms with van der Waals surface area (Å²) >= 11 is 0. The van der Waals surface area contributed by atoms with Gasteiger partial charge in [0.25, 0.3) is 0 Å². The third-order valence-corrected chi connectivity index (χ3v) is 3.93. The second-order valence-electron chi connectivity index (χ2n) is 5.45. The first-order valence-electron chi connectivity index (χ1n) is 7.09. The molecule has 0 atom stereocenters. The van der Waals surface area contributed by atoms with Crippen LogP contribution >= 0.6 is 0 Å². The molecule has 24 heavy (non-hydrogen) atoms. The van der Waals surface area contributed by atoms with Crippen molar-refractivity contribution in [1.29, 1.82) is 0 Å². The number of rotatable bonds is 2. The molecule has 4 nitrogen and oxygen atoms in total. The Hall–Kier alpha value is -2.83. The van der Waals surface area contributed by atoms with Gasteiger partial charge in [0.2, 0.25) is 0 Å². The molecule has 2 aromatic carbocycles. The molecule has 0 unspecified atom stereocenters. The number of alkyl halides is 3. The lowest BCUT2D eigenvalue weighted by Crippen LogP contribution is -2.06. The molecule has 7 heteroatoms. The molecular formula is C17H13F3N2O2. The van der Waals surface area contributed by atoms with Gasteiger partial charge in [0.15, 0.2) is 0 Å². The monoisotopic (exact) mass is 334 g/mol. The molecule has 0 saturated carbocycles. The molecule has 1 heterocycles. The lowest BCUT2D eigenvalue weighted by atomic mass is 10.1. The number of carbonyl (C=O) groups is 1. The van der Waals surface area contributed by atoms with E-state index in [-0.39, 0.29) is 11.1 Å². The SMILES string of the molecule is Cc1c(C(=O)O)cccc1-n1c(C)nc2cc(C(F)(F)F)ccc21. The van der Waals surface area contributed by atoms with Gasteiger partial charge in [0, 0.05) is 0 Å². The molecule has 0 aliphatic carbocycles. The Balaban J connectivity index is 2.27. The number of fused-ring (bicyclic) bond motifs is 1. The number of nitrogens with zero attached hydrogens (tertiary/aromatic N) is 2. The molecule has 0 aliphatic heterocycles. The number of aromatic nitrogens is 2. The summed E-state index contributed by atoms with van der Waals surface area (Å²) in [6, 6.07) is 8.14. The molecule has 124 valence electrons. The van der Waals surface area contributed by atoms with Crippen LogP contribution in [0.1, 0.15) is 27.3 Å². The van der Waals surface area contributed by atoms with Crippen molar-refractivity contribution in [2.75, 3.05) is 0 Å². The zero-order valence-electron chi connectivity index (χ0n) is 12.8. The molecule has 1 aromatic heterocycles. The van der Waals surface area contributed by atoms with Crippen LogP contribution in [0.15, 0.2) is 36.4 Å². The van der Waals surface area contributed by atoms with Crippen LogP contribution < -0.4 is 0 Å². The Morgan fingerprint density at radius 3 is 2.50 bits per heavy atom. The molecule has 0 aliphatic rings. The minimum Gasteiger partial charge on any atom is -0.478 e. The smallest absolute Gasteiger partial charge is 0.416 e. The highest BCUT2D eigenvalue weighted by Crippen LogP contribution is 2.33. The third-order valence-electron chi connectivity index (χ3n) is 3.93. The van der Waals surface area contributed by atoms with Crippen molar-refractivity contribution < 1.29 is 23.1 Å². The van der Waals surface area contributed by atoms with Gasteiger partial charge < -0.3 is 5.11 Å². The van der Waals surface area contributed by atoms with Crippen LogP contribution in [0.2, 0.25) is 0 Å². The highest BCUT2D eigenvalue weighted by molar-refractivity contribution is 5.91. The van der Waals surface area contributed by atoms with Gasteiger partial charge in [-0.3, -0.25) is 4.57 Å². The van der Waals surface area contributed by atoms with Gasteiger partial charge in [-0.2, -0.15) is 13.2 Å². The Morgan fingerprint density at radius 1 is 1.17 bits per heavy atom. The minimum atomic E-state index is -4.44. The predicted octanol–water partition coefficient (Wildman–Crippen LogP) is 4.36. The number of halogens is 3. The summed E-state index contributed by atoms with van der Waals surface area (Å²) in [5.74, 6) is -0.578. The summed E-state index contributed by atoms with van der Waals surface area (Å²) in [5, 5.41) is 9.25. The topological polar surface area (TPSA) is 55.1 Å². The number of carboxylic acids is 1. The van der Waals surface area contributed by atoms with Crippen molar-refractivity contribution in [2.45, 2.75) is 20.0 Å². The zero-order valence-corrected chi connectivity index (χ0v) is 12.8. The summed E-state index contributed by atoms with van der Waals surface area (Å²) in [7, 11) is 0. The molecule has 0 radical (unpaired) electrons. The van der Waals surface area contributed by atoms with Crippen molar-refractivity contribution in [3.05, 3.63) is 58.9 Å². The van der Waals surface area contributed by atoms with Gasteiger partial charge in [-0.25, -0.2) is 9.78 Å². The quantitative estimate of drug-likeness (QED) is 0.757. The molecule has 1 N–H and O–H groups in total. The lowest BCUT2D eigenvalue weighted by molar-refractivity contribution is -0.137. The van der Waals surface area contributed by atoms with Gasteiger partial charge >= 0.3 is 12.1 Å². The van der Waals surface area contributed by atoms with Crippen molar-refractivity contribution in [1.82, 2.24) is 9.55 Å².